The molecule has 0 spiro atoms. The molecule has 0 saturated carbocycles. The van der Waals surface area contributed by atoms with Crippen molar-refractivity contribution in [1.29, 1.82) is 10.5 Å². The highest BCUT2D eigenvalue weighted by Gasteiger charge is 2.31. The molecule has 2 aliphatic rings. The Morgan fingerprint density at radius 1 is 1.34 bits per heavy atom. The van der Waals surface area contributed by atoms with Crippen molar-refractivity contribution in [1.82, 2.24) is 10.3 Å². The monoisotopic (exact) mass is 436 g/mol. The van der Waals surface area contributed by atoms with Crippen LogP contribution in [0.2, 0.25) is 0 Å². The molecule has 0 radical (unpaired) electrons. The lowest BCUT2D eigenvalue weighted by Gasteiger charge is -2.27. The van der Waals surface area contributed by atoms with Crippen molar-refractivity contribution in [3.8, 4) is 12.3 Å². The molecule has 32 heavy (non-hydrogen) atoms. The maximum atomic E-state index is 14.1. The van der Waals surface area contributed by atoms with Crippen LogP contribution in [0.1, 0.15) is 41.1 Å². The van der Waals surface area contributed by atoms with Crippen LogP contribution in [-0.2, 0) is 16.1 Å². The van der Waals surface area contributed by atoms with Gasteiger partial charge >= 0.3 is 0 Å². The highest BCUT2D eigenvalue weighted by atomic mass is 19.1. The second kappa shape index (κ2) is 9.06. The Balaban J connectivity index is 1.75. The van der Waals surface area contributed by atoms with E-state index < -0.39 is 11.9 Å². The number of nitrogen functional groups attached to an aromatic ring is 2. The number of aliphatic imine (C=N–C) groups is 1. The topological polar surface area (TPSA) is 167 Å². The van der Waals surface area contributed by atoms with Crippen molar-refractivity contribution in [2.45, 2.75) is 31.6 Å². The van der Waals surface area contributed by atoms with Gasteiger partial charge in [-0.2, -0.15) is 10.5 Å². The minimum Gasteiger partial charge on any atom is -0.397 e. The first-order valence-corrected chi connectivity index (χ1v) is 9.98. The van der Waals surface area contributed by atoms with Gasteiger partial charge in [0.15, 0.2) is 6.19 Å². The fraction of sp³-hybridized carbons (Fsp3) is 0.333. The second-order valence-electron chi connectivity index (χ2n) is 7.40. The lowest BCUT2D eigenvalue weighted by molar-refractivity contribution is 0.0103. The SMILES string of the molecule is N#CNC1=NC(c2ccc(F)cc2COCC2CCCO2)c2c(nc(N)c(C#N)c2N)N1. The van der Waals surface area contributed by atoms with Crippen LogP contribution in [0.5, 0.6) is 0 Å². The molecule has 2 aliphatic heterocycles. The Kier molecular flexibility index (Phi) is 6.03. The summed E-state index contributed by atoms with van der Waals surface area (Å²) < 4.78 is 25.5. The average Bonchev–Trinajstić information content (AvgIpc) is 3.27. The van der Waals surface area contributed by atoms with Crippen molar-refractivity contribution in [2.24, 2.45) is 4.99 Å². The molecule has 1 fully saturated rings. The Labute approximate surface area is 183 Å². The summed E-state index contributed by atoms with van der Waals surface area (Å²) in [6.45, 7) is 1.23. The summed E-state index contributed by atoms with van der Waals surface area (Å²) in [6, 6.07) is 5.43. The fourth-order valence-electron chi connectivity index (χ4n) is 3.85. The van der Waals surface area contributed by atoms with E-state index in [1.165, 1.54) is 12.1 Å². The maximum Gasteiger partial charge on any atom is 0.211 e. The van der Waals surface area contributed by atoms with Gasteiger partial charge in [-0.25, -0.2) is 14.4 Å². The van der Waals surface area contributed by atoms with E-state index in [2.05, 4.69) is 20.6 Å². The number of nitrogens with zero attached hydrogens (tertiary/aromatic N) is 4. The van der Waals surface area contributed by atoms with Gasteiger partial charge in [0.25, 0.3) is 0 Å². The first-order valence-electron chi connectivity index (χ1n) is 9.98. The molecule has 10 nitrogen and oxygen atoms in total. The van der Waals surface area contributed by atoms with Gasteiger partial charge in [0.2, 0.25) is 5.96 Å². The molecule has 0 aliphatic carbocycles. The highest BCUT2D eigenvalue weighted by Crippen LogP contribution is 2.41. The van der Waals surface area contributed by atoms with Crippen LogP contribution >= 0.6 is 0 Å². The van der Waals surface area contributed by atoms with Crippen molar-refractivity contribution in [3.05, 3.63) is 46.3 Å². The number of halogens is 1. The maximum absolute atomic E-state index is 14.1. The number of nitrogens with one attached hydrogen (secondary N) is 2. The van der Waals surface area contributed by atoms with Gasteiger partial charge in [0, 0.05) is 12.2 Å². The second-order valence-corrected chi connectivity index (χ2v) is 7.40. The van der Waals surface area contributed by atoms with E-state index in [4.69, 9.17) is 26.2 Å². The van der Waals surface area contributed by atoms with E-state index in [9.17, 15) is 9.65 Å². The number of rotatable bonds is 5. The van der Waals surface area contributed by atoms with E-state index in [1.807, 2.05) is 6.07 Å². The number of aromatic nitrogens is 1. The first kappa shape index (κ1) is 21.3. The fourth-order valence-corrected chi connectivity index (χ4v) is 3.85. The molecule has 2 unspecified atom stereocenters. The summed E-state index contributed by atoms with van der Waals surface area (Å²) in [5.41, 5.74) is 13.8. The van der Waals surface area contributed by atoms with Crippen LogP contribution in [0.25, 0.3) is 0 Å². The highest BCUT2D eigenvalue weighted by molar-refractivity contribution is 5.98. The standard InChI is InChI=1S/C21H21FN8O2/c22-12-3-4-14(11(6-12)8-31-9-13-2-1-5-32-13)18-16-17(25)15(7-23)19(26)29-20(16)30-21(28-18)27-10-24/h3-4,6,13,18H,1-2,5,8-9H2,(H6,25,26,27,28,29,30). The number of pyridine rings is 1. The molecule has 1 saturated heterocycles. The Bertz CT molecular complexity index is 1150. The largest absolute Gasteiger partial charge is 0.397 e. The van der Waals surface area contributed by atoms with Gasteiger partial charge in [-0.1, -0.05) is 6.07 Å². The summed E-state index contributed by atoms with van der Waals surface area (Å²) in [5, 5.41) is 23.8. The average molecular weight is 436 g/mol. The molecule has 11 heteroatoms. The third-order valence-electron chi connectivity index (χ3n) is 5.34. The van der Waals surface area contributed by atoms with E-state index in [1.54, 1.807) is 12.3 Å². The normalized spacial score (nSPS) is 19.3. The van der Waals surface area contributed by atoms with E-state index >= 15 is 0 Å². The molecule has 1 aromatic heterocycles. The third-order valence-corrected chi connectivity index (χ3v) is 5.34. The Hall–Kier alpha value is -3.93. The number of hydrogen-bond acceptors (Lipinski definition) is 10. The molecule has 164 valence electrons. The quantitative estimate of drug-likeness (QED) is 0.404. The summed E-state index contributed by atoms with van der Waals surface area (Å²) in [4.78, 5) is 8.75. The molecule has 0 bridgehead atoms. The van der Waals surface area contributed by atoms with Gasteiger partial charge in [-0.05, 0) is 36.1 Å². The van der Waals surface area contributed by atoms with E-state index in [-0.39, 0.29) is 41.6 Å². The molecule has 1 aromatic carbocycles. The van der Waals surface area contributed by atoms with Gasteiger partial charge in [0.05, 0.1) is 25.0 Å². The van der Waals surface area contributed by atoms with Gasteiger partial charge < -0.3 is 26.3 Å². The number of guanidine groups is 1. The van der Waals surface area contributed by atoms with Crippen LogP contribution in [0.3, 0.4) is 0 Å². The molecule has 2 aromatic rings. The van der Waals surface area contributed by atoms with Crippen LogP contribution in [0, 0.1) is 28.6 Å². The molecular formula is C21H21FN8O2. The van der Waals surface area contributed by atoms with Crippen LogP contribution in [0.4, 0.5) is 21.7 Å². The number of hydrogen-bond donors (Lipinski definition) is 4. The van der Waals surface area contributed by atoms with Crippen molar-refractivity contribution in [3.63, 3.8) is 0 Å². The summed E-state index contributed by atoms with van der Waals surface area (Å²) in [7, 11) is 0. The molecule has 4 rings (SSSR count). The molecule has 2 atom stereocenters. The zero-order valence-corrected chi connectivity index (χ0v) is 17.1. The lowest BCUT2D eigenvalue weighted by atomic mass is 9.92. The van der Waals surface area contributed by atoms with Gasteiger partial charge in [0.1, 0.15) is 35.1 Å². The summed E-state index contributed by atoms with van der Waals surface area (Å²) >= 11 is 0. The number of benzene rings is 1. The molecule has 0 amide bonds. The zero-order valence-electron chi connectivity index (χ0n) is 17.1. The van der Waals surface area contributed by atoms with Gasteiger partial charge in [-0.3, -0.25) is 5.32 Å². The van der Waals surface area contributed by atoms with E-state index in [0.717, 1.165) is 12.8 Å². The Morgan fingerprint density at radius 2 is 2.19 bits per heavy atom. The molecule has 6 N–H and O–H groups in total. The smallest absolute Gasteiger partial charge is 0.211 e. The molecular weight excluding hydrogens is 415 g/mol. The first-order chi connectivity index (χ1) is 15.5. The number of nitrogens with two attached hydrogens (primary N) is 2. The zero-order chi connectivity index (χ0) is 22.7. The van der Waals surface area contributed by atoms with Crippen LogP contribution in [-0.4, -0.2) is 30.3 Å². The Morgan fingerprint density at radius 3 is 2.91 bits per heavy atom. The lowest BCUT2D eigenvalue weighted by Crippen LogP contribution is -2.33. The van der Waals surface area contributed by atoms with Crippen molar-refractivity contribution in [2.75, 3.05) is 30.0 Å². The predicted molar refractivity (Wildman–Crippen MR) is 114 cm³/mol. The van der Waals surface area contributed by atoms with Crippen LogP contribution in [0.15, 0.2) is 23.2 Å². The molecule has 3 heterocycles. The predicted octanol–water partition coefficient (Wildman–Crippen LogP) is 1.89. The minimum absolute atomic E-state index is 0.0251. The number of nitriles is 2. The van der Waals surface area contributed by atoms with Gasteiger partial charge in [-0.15, -0.1) is 0 Å². The summed E-state index contributed by atoms with van der Waals surface area (Å²) in [6.07, 6.45) is 3.74. The number of anilines is 3. The van der Waals surface area contributed by atoms with E-state index in [0.29, 0.717) is 29.9 Å². The third kappa shape index (κ3) is 4.12. The minimum atomic E-state index is -0.774. The number of ether oxygens (including phenoxy) is 2. The van der Waals surface area contributed by atoms with Crippen molar-refractivity contribution < 1.29 is 13.9 Å². The summed E-state index contributed by atoms with van der Waals surface area (Å²) in [5.74, 6) is -0.101. The van der Waals surface area contributed by atoms with Crippen molar-refractivity contribution >= 4 is 23.3 Å². The number of fused-ring (bicyclic) bond motifs is 1. The van der Waals surface area contributed by atoms with Crippen LogP contribution < -0.4 is 22.1 Å².